The van der Waals surface area contributed by atoms with E-state index in [0.717, 1.165) is 18.1 Å². The molecule has 0 amide bonds. The van der Waals surface area contributed by atoms with E-state index in [9.17, 15) is 8.42 Å². The molecule has 21 heavy (non-hydrogen) atoms. The highest BCUT2D eigenvalue weighted by Crippen LogP contribution is 2.20. The SMILES string of the molecule is CC(C)CNCc1cnc(N(C)C2CCS(=O)(=O)C2)cn1. The number of hydrogen-bond acceptors (Lipinski definition) is 6. The van der Waals surface area contributed by atoms with Gasteiger partial charge in [0.05, 0.1) is 29.6 Å². The van der Waals surface area contributed by atoms with E-state index in [4.69, 9.17) is 0 Å². The van der Waals surface area contributed by atoms with E-state index >= 15 is 0 Å². The van der Waals surface area contributed by atoms with E-state index in [0.29, 0.717) is 18.9 Å². The monoisotopic (exact) mass is 312 g/mol. The van der Waals surface area contributed by atoms with Crippen molar-refractivity contribution in [2.24, 2.45) is 5.92 Å². The molecule has 0 spiro atoms. The van der Waals surface area contributed by atoms with Gasteiger partial charge in [0, 0.05) is 19.6 Å². The first kappa shape index (κ1) is 16.2. The van der Waals surface area contributed by atoms with Crippen LogP contribution in [0, 0.1) is 5.92 Å². The van der Waals surface area contributed by atoms with E-state index in [1.807, 2.05) is 11.9 Å². The van der Waals surface area contributed by atoms with Crippen LogP contribution in [-0.2, 0) is 16.4 Å². The lowest BCUT2D eigenvalue weighted by Gasteiger charge is -2.24. The van der Waals surface area contributed by atoms with Crippen molar-refractivity contribution in [3.63, 3.8) is 0 Å². The number of nitrogens with one attached hydrogen (secondary N) is 1. The molecule has 1 unspecified atom stereocenters. The molecule has 1 aromatic heterocycles. The van der Waals surface area contributed by atoms with E-state index < -0.39 is 9.84 Å². The van der Waals surface area contributed by atoms with Crippen molar-refractivity contribution in [2.75, 3.05) is 30.0 Å². The van der Waals surface area contributed by atoms with E-state index in [1.54, 1.807) is 12.4 Å². The summed E-state index contributed by atoms with van der Waals surface area (Å²) >= 11 is 0. The van der Waals surface area contributed by atoms with Crippen LogP contribution in [0.25, 0.3) is 0 Å². The summed E-state index contributed by atoms with van der Waals surface area (Å²) in [6, 6.07) is 0.00853. The lowest BCUT2D eigenvalue weighted by Crippen LogP contribution is -2.33. The van der Waals surface area contributed by atoms with Crippen LogP contribution in [0.2, 0.25) is 0 Å². The van der Waals surface area contributed by atoms with Crippen LogP contribution in [-0.4, -0.2) is 49.5 Å². The zero-order chi connectivity index (χ0) is 15.5. The number of aromatic nitrogens is 2. The molecule has 1 fully saturated rings. The molecule has 1 N–H and O–H groups in total. The fourth-order valence-electron chi connectivity index (χ4n) is 2.38. The van der Waals surface area contributed by atoms with Gasteiger partial charge in [-0.15, -0.1) is 0 Å². The molecule has 1 saturated heterocycles. The zero-order valence-electron chi connectivity index (χ0n) is 12.9. The van der Waals surface area contributed by atoms with Crippen molar-refractivity contribution in [2.45, 2.75) is 32.9 Å². The molecule has 6 nitrogen and oxygen atoms in total. The number of anilines is 1. The first-order valence-electron chi connectivity index (χ1n) is 7.32. The van der Waals surface area contributed by atoms with E-state index in [-0.39, 0.29) is 17.5 Å². The summed E-state index contributed by atoms with van der Waals surface area (Å²) in [5.74, 6) is 1.81. The third-order valence-electron chi connectivity index (χ3n) is 3.67. The summed E-state index contributed by atoms with van der Waals surface area (Å²) in [4.78, 5) is 10.7. The topological polar surface area (TPSA) is 75.2 Å². The maximum Gasteiger partial charge on any atom is 0.152 e. The predicted octanol–water partition coefficient (Wildman–Crippen LogP) is 0.845. The second-order valence-electron chi connectivity index (χ2n) is 6.06. The normalized spacial score (nSPS) is 20.9. The minimum atomic E-state index is -2.88. The Morgan fingerprint density at radius 3 is 2.67 bits per heavy atom. The van der Waals surface area contributed by atoms with Gasteiger partial charge in [-0.05, 0) is 18.9 Å². The standard InChI is InChI=1S/C14H24N4O2S/c1-11(2)6-15-7-12-8-17-14(9-16-12)18(3)13-4-5-21(19,20)10-13/h8-9,11,13,15H,4-7,10H2,1-3H3. The minimum Gasteiger partial charge on any atom is -0.354 e. The Morgan fingerprint density at radius 2 is 2.14 bits per heavy atom. The third-order valence-corrected chi connectivity index (χ3v) is 5.42. The molecule has 7 heteroatoms. The zero-order valence-corrected chi connectivity index (χ0v) is 13.7. The Balaban J connectivity index is 1.92. The maximum atomic E-state index is 11.5. The fourth-order valence-corrected chi connectivity index (χ4v) is 4.15. The second-order valence-corrected chi connectivity index (χ2v) is 8.29. The number of nitrogens with zero attached hydrogens (tertiary/aromatic N) is 3. The molecule has 0 radical (unpaired) electrons. The van der Waals surface area contributed by atoms with Crippen LogP contribution in [0.5, 0.6) is 0 Å². The van der Waals surface area contributed by atoms with Crippen molar-refractivity contribution in [1.82, 2.24) is 15.3 Å². The van der Waals surface area contributed by atoms with Gasteiger partial charge >= 0.3 is 0 Å². The van der Waals surface area contributed by atoms with Gasteiger partial charge in [0.15, 0.2) is 9.84 Å². The molecule has 0 bridgehead atoms. The van der Waals surface area contributed by atoms with Gasteiger partial charge in [-0.2, -0.15) is 0 Å². The average molecular weight is 312 g/mol. The highest BCUT2D eigenvalue weighted by molar-refractivity contribution is 7.91. The van der Waals surface area contributed by atoms with Crippen LogP contribution in [0.3, 0.4) is 0 Å². The Hall–Kier alpha value is -1.21. The van der Waals surface area contributed by atoms with E-state index in [2.05, 4.69) is 29.1 Å². The predicted molar refractivity (Wildman–Crippen MR) is 84.0 cm³/mol. The number of sulfone groups is 1. The van der Waals surface area contributed by atoms with Crippen molar-refractivity contribution in [3.05, 3.63) is 18.1 Å². The lowest BCUT2D eigenvalue weighted by atomic mass is 10.2. The lowest BCUT2D eigenvalue weighted by molar-refractivity contribution is 0.547. The molecule has 1 aliphatic rings. The first-order chi connectivity index (χ1) is 9.87. The summed E-state index contributed by atoms with van der Waals surface area (Å²) in [5, 5.41) is 3.32. The van der Waals surface area contributed by atoms with Crippen molar-refractivity contribution >= 4 is 15.7 Å². The Bertz CT molecular complexity index is 557. The van der Waals surface area contributed by atoms with Gasteiger partial charge in [0.25, 0.3) is 0 Å². The fraction of sp³-hybridized carbons (Fsp3) is 0.714. The average Bonchev–Trinajstić information content (AvgIpc) is 2.79. The Kier molecular flexibility index (Phi) is 5.16. The highest BCUT2D eigenvalue weighted by Gasteiger charge is 2.31. The van der Waals surface area contributed by atoms with Gasteiger partial charge < -0.3 is 10.2 Å². The smallest absolute Gasteiger partial charge is 0.152 e. The number of rotatable bonds is 6. The Labute approximate surface area is 126 Å². The number of hydrogen-bond donors (Lipinski definition) is 1. The molecule has 1 atom stereocenters. The van der Waals surface area contributed by atoms with E-state index in [1.165, 1.54) is 0 Å². The van der Waals surface area contributed by atoms with Crippen LogP contribution < -0.4 is 10.2 Å². The first-order valence-corrected chi connectivity index (χ1v) is 9.14. The van der Waals surface area contributed by atoms with Crippen LogP contribution in [0.4, 0.5) is 5.82 Å². The Morgan fingerprint density at radius 1 is 1.38 bits per heavy atom. The third kappa shape index (κ3) is 4.64. The largest absolute Gasteiger partial charge is 0.354 e. The maximum absolute atomic E-state index is 11.5. The molecule has 118 valence electrons. The van der Waals surface area contributed by atoms with Crippen molar-refractivity contribution in [3.8, 4) is 0 Å². The quantitative estimate of drug-likeness (QED) is 0.839. The molecule has 0 aromatic carbocycles. The summed E-state index contributed by atoms with van der Waals surface area (Å²) < 4.78 is 23.1. The van der Waals surface area contributed by atoms with Crippen molar-refractivity contribution in [1.29, 1.82) is 0 Å². The van der Waals surface area contributed by atoms with Gasteiger partial charge in [0.1, 0.15) is 5.82 Å². The molecule has 1 aromatic rings. The molecule has 2 heterocycles. The van der Waals surface area contributed by atoms with Gasteiger partial charge in [-0.25, -0.2) is 13.4 Å². The summed E-state index contributed by atoms with van der Waals surface area (Å²) in [7, 11) is -0.996. The molecule has 2 rings (SSSR count). The minimum absolute atomic E-state index is 0.00853. The van der Waals surface area contributed by atoms with Gasteiger partial charge in [-0.3, -0.25) is 4.98 Å². The van der Waals surface area contributed by atoms with Gasteiger partial charge in [-0.1, -0.05) is 13.8 Å². The molecular weight excluding hydrogens is 288 g/mol. The summed E-state index contributed by atoms with van der Waals surface area (Å²) in [5.41, 5.74) is 0.895. The molecule has 0 saturated carbocycles. The second kappa shape index (κ2) is 6.70. The van der Waals surface area contributed by atoms with Crippen LogP contribution >= 0.6 is 0 Å². The molecule has 1 aliphatic heterocycles. The highest BCUT2D eigenvalue weighted by atomic mass is 32.2. The summed E-state index contributed by atoms with van der Waals surface area (Å²) in [6.07, 6.45) is 4.14. The summed E-state index contributed by atoms with van der Waals surface area (Å²) in [6.45, 7) is 5.97. The van der Waals surface area contributed by atoms with Crippen LogP contribution in [0.15, 0.2) is 12.4 Å². The molecular formula is C14H24N4O2S. The van der Waals surface area contributed by atoms with Crippen molar-refractivity contribution < 1.29 is 8.42 Å². The van der Waals surface area contributed by atoms with Crippen LogP contribution in [0.1, 0.15) is 26.0 Å². The van der Waals surface area contributed by atoms with Gasteiger partial charge in [0.2, 0.25) is 0 Å². The molecule has 0 aliphatic carbocycles.